The molecule has 218 valence electrons. The number of rotatable bonds is 9. The van der Waals surface area contributed by atoms with Gasteiger partial charge in [-0.25, -0.2) is 0 Å². The fourth-order valence-corrected chi connectivity index (χ4v) is 6.86. The van der Waals surface area contributed by atoms with Crippen LogP contribution >= 0.6 is 11.8 Å². The van der Waals surface area contributed by atoms with Gasteiger partial charge in [0.15, 0.2) is 6.29 Å². The Morgan fingerprint density at radius 2 is 1.26 bits per heavy atom. The molecule has 2 saturated heterocycles. The minimum absolute atomic E-state index is 0.306. The van der Waals surface area contributed by atoms with E-state index in [2.05, 4.69) is 66.7 Å². The minimum atomic E-state index is -0.508. The minimum Gasteiger partial charge on any atom is -0.368 e. The largest absolute Gasteiger partial charge is 0.368 e. The van der Waals surface area contributed by atoms with E-state index in [-0.39, 0.29) is 17.6 Å². The van der Waals surface area contributed by atoms with Crippen molar-refractivity contribution in [2.75, 3.05) is 6.61 Å². The predicted octanol–water partition coefficient (Wildman–Crippen LogP) is 7.94. The SMILES string of the molecule is c1ccc(COC2C(OCc3ccc4ccccc4c3)[C@@H]3OC(c4ccccc4)OCC3O[C@@H]2Sc2ccccc2)cc1. The topological polar surface area (TPSA) is 46.2 Å². The standard InChI is InChI=1S/C37H34O5S/c1-4-12-26(13-5-1)23-39-35-34(38-24-27-20-21-28-14-10-11-17-30(28)22-27)33-32(41-37(35)43-31-18-8-3-9-19-31)25-40-36(42-33)29-15-6-2-7-16-29/h1-22,32-37H,23-25H2/t32?,33-,34?,35?,36?,37-/m1/s1. The molecule has 5 nitrogen and oxygen atoms in total. The molecule has 43 heavy (non-hydrogen) atoms. The van der Waals surface area contributed by atoms with Crippen LogP contribution in [0, 0.1) is 0 Å². The monoisotopic (exact) mass is 590 g/mol. The molecule has 7 rings (SSSR count). The second-order valence-electron chi connectivity index (χ2n) is 10.9. The van der Waals surface area contributed by atoms with Gasteiger partial charge in [0, 0.05) is 10.5 Å². The van der Waals surface area contributed by atoms with Crippen molar-refractivity contribution in [1.82, 2.24) is 0 Å². The molecular formula is C37H34O5S. The normalized spacial score (nSPS) is 25.3. The average Bonchev–Trinajstić information content (AvgIpc) is 3.07. The van der Waals surface area contributed by atoms with Gasteiger partial charge in [0.2, 0.25) is 0 Å². The van der Waals surface area contributed by atoms with Crippen molar-refractivity contribution in [2.24, 2.45) is 0 Å². The molecule has 4 unspecified atom stereocenters. The number of benzene rings is 5. The van der Waals surface area contributed by atoms with Crippen molar-refractivity contribution in [3.63, 3.8) is 0 Å². The summed E-state index contributed by atoms with van der Waals surface area (Å²) < 4.78 is 33.2. The molecule has 0 bridgehead atoms. The maximum absolute atomic E-state index is 6.84. The van der Waals surface area contributed by atoms with Gasteiger partial charge in [-0.15, -0.1) is 0 Å². The quantitative estimate of drug-likeness (QED) is 0.174. The molecule has 0 N–H and O–H groups in total. The highest BCUT2D eigenvalue weighted by atomic mass is 32.2. The molecule has 6 heteroatoms. The third-order valence-electron chi connectivity index (χ3n) is 7.89. The van der Waals surface area contributed by atoms with E-state index in [1.807, 2.05) is 66.7 Å². The molecule has 2 aliphatic heterocycles. The van der Waals surface area contributed by atoms with Crippen LogP contribution in [0.2, 0.25) is 0 Å². The summed E-state index contributed by atoms with van der Waals surface area (Å²) in [7, 11) is 0. The summed E-state index contributed by atoms with van der Waals surface area (Å²) in [5, 5.41) is 2.40. The van der Waals surface area contributed by atoms with Crippen LogP contribution in [-0.4, -0.2) is 36.5 Å². The molecule has 0 spiro atoms. The first-order valence-corrected chi connectivity index (χ1v) is 15.6. The molecule has 2 fully saturated rings. The van der Waals surface area contributed by atoms with Crippen molar-refractivity contribution in [2.45, 2.75) is 54.3 Å². The molecular weight excluding hydrogens is 556 g/mol. The average molecular weight is 591 g/mol. The van der Waals surface area contributed by atoms with Gasteiger partial charge in [-0.3, -0.25) is 0 Å². The second kappa shape index (κ2) is 13.4. The Balaban J connectivity index is 1.20. The van der Waals surface area contributed by atoms with Gasteiger partial charge in [-0.05, 0) is 40.1 Å². The van der Waals surface area contributed by atoms with E-state index in [1.54, 1.807) is 11.8 Å². The van der Waals surface area contributed by atoms with Crippen LogP contribution in [0.25, 0.3) is 10.8 Å². The van der Waals surface area contributed by atoms with Crippen LogP contribution in [0.4, 0.5) is 0 Å². The summed E-state index contributed by atoms with van der Waals surface area (Å²) in [4.78, 5) is 1.10. The molecule has 2 heterocycles. The zero-order valence-electron chi connectivity index (χ0n) is 23.7. The Kier molecular flexibility index (Phi) is 8.84. The van der Waals surface area contributed by atoms with Crippen LogP contribution in [0.1, 0.15) is 23.0 Å². The molecule has 2 aliphatic rings. The van der Waals surface area contributed by atoms with E-state index in [4.69, 9.17) is 23.7 Å². The first-order valence-electron chi connectivity index (χ1n) is 14.7. The van der Waals surface area contributed by atoms with Crippen LogP contribution in [0.5, 0.6) is 0 Å². The Hall–Kier alpha value is -3.49. The van der Waals surface area contributed by atoms with Crippen LogP contribution < -0.4 is 0 Å². The molecule has 6 atom stereocenters. The van der Waals surface area contributed by atoms with E-state index in [0.717, 1.165) is 21.6 Å². The highest BCUT2D eigenvalue weighted by molar-refractivity contribution is 7.99. The van der Waals surface area contributed by atoms with Crippen molar-refractivity contribution >= 4 is 22.5 Å². The van der Waals surface area contributed by atoms with E-state index in [9.17, 15) is 0 Å². The van der Waals surface area contributed by atoms with Crippen molar-refractivity contribution in [3.05, 3.63) is 150 Å². The van der Waals surface area contributed by atoms with E-state index in [1.165, 1.54) is 10.8 Å². The lowest BCUT2D eigenvalue weighted by atomic mass is 9.98. The Morgan fingerprint density at radius 3 is 2.05 bits per heavy atom. The molecule has 0 radical (unpaired) electrons. The third kappa shape index (κ3) is 6.70. The lowest BCUT2D eigenvalue weighted by Gasteiger charge is -2.49. The van der Waals surface area contributed by atoms with Crippen LogP contribution in [0.15, 0.2) is 138 Å². The molecule has 5 aromatic rings. The number of fused-ring (bicyclic) bond motifs is 2. The van der Waals surface area contributed by atoms with Gasteiger partial charge in [-0.1, -0.05) is 127 Å². The molecule has 0 aliphatic carbocycles. The second-order valence-corrected chi connectivity index (χ2v) is 12.0. The van der Waals surface area contributed by atoms with Gasteiger partial charge in [0.05, 0.1) is 19.8 Å². The predicted molar refractivity (Wildman–Crippen MR) is 169 cm³/mol. The van der Waals surface area contributed by atoms with Gasteiger partial charge in [0.1, 0.15) is 29.9 Å². The summed E-state index contributed by atoms with van der Waals surface area (Å²) in [6.07, 6.45) is -2.00. The summed E-state index contributed by atoms with van der Waals surface area (Å²) in [6, 6.07) is 45.4. The molecule has 0 aromatic heterocycles. The Labute approximate surface area is 256 Å². The summed E-state index contributed by atoms with van der Waals surface area (Å²) in [5.74, 6) is 0. The fraction of sp³-hybridized carbons (Fsp3) is 0.243. The van der Waals surface area contributed by atoms with Gasteiger partial charge in [0.25, 0.3) is 0 Å². The smallest absolute Gasteiger partial charge is 0.184 e. The third-order valence-corrected chi connectivity index (χ3v) is 9.05. The maximum Gasteiger partial charge on any atom is 0.184 e. The number of hydrogen-bond acceptors (Lipinski definition) is 6. The van der Waals surface area contributed by atoms with Crippen LogP contribution in [-0.2, 0) is 36.9 Å². The number of thioether (sulfide) groups is 1. The lowest BCUT2D eigenvalue weighted by molar-refractivity contribution is -0.329. The van der Waals surface area contributed by atoms with Gasteiger partial charge in [-0.2, -0.15) is 0 Å². The molecule has 0 amide bonds. The lowest BCUT2D eigenvalue weighted by Crippen LogP contribution is -2.62. The Bertz CT molecular complexity index is 1600. The molecule has 5 aromatic carbocycles. The van der Waals surface area contributed by atoms with Crippen LogP contribution in [0.3, 0.4) is 0 Å². The fourth-order valence-electron chi connectivity index (χ4n) is 5.71. The highest BCUT2D eigenvalue weighted by Gasteiger charge is 2.51. The maximum atomic E-state index is 6.84. The van der Waals surface area contributed by atoms with E-state index in [0.29, 0.717) is 19.8 Å². The van der Waals surface area contributed by atoms with Crippen molar-refractivity contribution in [3.8, 4) is 0 Å². The summed E-state index contributed by atoms with van der Waals surface area (Å²) >= 11 is 1.65. The highest BCUT2D eigenvalue weighted by Crippen LogP contribution is 2.41. The zero-order valence-corrected chi connectivity index (χ0v) is 24.6. The Morgan fingerprint density at radius 1 is 0.605 bits per heavy atom. The number of hydrogen-bond donors (Lipinski definition) is 0. The summed E-state index contributed by atoms with van der Waals surface area (Å²) in [5.41, 5.74) is 2.84. The van der Waals surface area contributed by atoms with E-state index >= 15 is 0 Å². The first kappa shape index (κ1) is 28.3. The summed E-state index contributed by atoms with van der Waals surface area (Å²) in [6.45, 7) is 1.26. The van der Waals surface area contributed by atoms with Crippen molar-refractivity contribution < 1.29 is 23.7 Å². The zero-order chi connectivity index (χ0) is 28.8. The number of ether oxygens (including phenoxy) is 5. The van der Waals surface area contributed by atoms with Gasteiger partial charge < -0.3 is 23.7 Å². The molecule has 0 saturated carbocycles. The van der Waals surface area contributed by atoms with E-state index < -0.39 is 18.5 Å². The van der Waals surface area contributed by atoms with Gasteiger partial charge >= 0.3 is 0 Å². The first-order chi connectivity index (χ1) is 21.3. The van der Waals surface area contributed by atoms with Crippen molar-refractivity contribution in [1.29, 1.82) is 0 Å².